The first-order chi connectivity index (χ1) is 9.88. The molecule has 8 heteroatoms. The first kappa shape index (κ1) is 14.7. The van der Waals surface area contributed by atoms with Crippen molar-refractivity contribution >= 4 is 33.9 Å². The molecule has 0 saturated heterocycles. The van der Waals surface area contributed by atoms with Crippen LogP contribution in [0.15, 0.2) is 29.6 Å². The quantitative estimate of drug-likeness (QED) is 0.666. The molecule has 0 saturated carbocycles. The van der Waals surface area contributed by atoms with Crippen molar-refractivity contribution in [3.05, 3.63) is 56.5 Å². The van der Waals surface area contributed by atoms with E-state index >= 15 is 0 Å². The van der Waals surface area contributed by atoms with Gasteiger partial charge in [-0.3, -0.25) is 14.9 Å². The predicted octanol–water partition coefficient (Wildman–Crippen LogP) is 2.92. The highest BCUT2D eigenvalue weighted by Crippen LogP contribution is 2.23. The van der Waals surface area contributed by atoms with E-state index in [1.165, 1.54) is 17.5 Å². The molecule has 0 spiro atoms. The standard InChI is InChI=1S/C13H10N2O5S/c1-7-2-3-9(5-10(7)13(17)18)14-12(16)8-4-11(15(19)20)21-6-8/h2-6H,1H3,(H,14,16)(H,17,18). The van der Waals surface area contributed by atoms with Crippen molar-refractivity contribution < 1.29 is 19.6 Å². The number of rotatable bonds is 4. The predicted molar refractivity (Wildman–Crippen MR) is 77.1 cm³/mol. The summed E-state index contributed by atoms with van der Waals surface area (Å²) in [5.74, 6) is -1.62. The number of carboxylic acid groups (broad SMARTS) is 1. The monoisotopic (exact) mass is 306 g/mol. The van der Waals surface area contributed by atoms with Gasteiger partial charge in [-0.05, 0) is 24.6 Å². The number of carbonyl (C=O) groups is 2. The van der Waals surface area contributed by atoms with Crippen molar-refractivity contribution in [1.29, 1.82) is 0 Å². The van der Waals surface area contributed by atoms with E-state index in [0.717, 1.165) is 11.3 Å². The smallest absolute Gasteiger partial charge is 0.336 e. The van der Waals surface area contributed by atoms with Gasteiger partial charge in [-0.1, -0.05) is 17.4 Å². The minimum Gasteiger partial charge on any atom is -0.478 e. The number of nitro groups is 1. The molecular weight excluding hydrogens is 296 g/mol. The van der Waals surface area contributed by atoms with Crippen LogP contribution in [0, 0.1) is 17.0 Å². The number of anilines is 1. The van der Waals surface area contributed by atoms with Gasteiger partial charge in [-0.15, -0.1) is 0 Å². The summed E-state index contributed by atoms with van der Waals surface area (Å²) >= 11 is 0.853. The number of carboxylic acids is 1. The second-order valence-electron chi connectivity index (χ2n) is 4.22. The second-order valence-corrected chi connectivity index (χ2v) is 5.11. The number of nitrogens with one attached hydrogen (secondary N) is 1. The number of aromatic carboxylic acids is 1. The molecule has 0 unspecified atom stereocenters. The zero-order valence-electron chi connectivity index (χ0n) is 10.8. The maximum atomic E-state index is 11.9. The zero-order valence-corrected chi connectivity index (χ0v) is 11.6. The lowest BCUT2D eigenvalue weighted by Gasteiger charge is -2.06. The van der Waals surface area contributed by atoms with Crippen LogP contribution >= 0.6 is 11.3 Å². The number of amides is 1. The normalized spacial score (nSPS) is 10.1. The van der Waals surface area contributed by atoms with Gasteiger partial charge in [0, 0.05) is 17.1 Å². The van der Waals surface area contributed by atoms with Crippen LogP contribution in [0.3, 0.4) is 0 Å². The third-order valence-electron chi connectivity index (χ3n) is 2.75. The number of benzene rings is 1. The minimum atomic E-state index is -1.09. The fourth-order valence-corrected chi connectivity index (χ4v) is 2.38. The third kappa shape index (κ3) is 3.23. The Labute approximate surface area is 123 Å². The molecule has 2 aromatic rings. The molecule has 0 bridgehead atoms. The lowest BCUT2D eigenvalue weighted by molar-refractivity contribution is -0.380. The van der Waals surface area contributed by atoms with Crippen LogP contribution in [-0.4, -0.2) is 21.9 Å². The van der Waals surface area contributed by atoms with E-state index in [2.05, 4.69) is 5.32 Å². The number of thiophene rings is 1. The topological polar surface area (TPSA) is 110 Å². The van der Waals surface area contributed by atoms with E-state index in [0.29, 0.717) is 11.3 Å². The largest absolute Gasteiger partial charge is 0.478 e. The summed E-state index contributed by atoms with van der Waals surface area (Å²) in [6.07, 6.45) is 0. The molecule has 7 nitrogen and oxygen atoms in total. The Morgan fingerprint density at radius 1 is 1.33 bits per heavy atom. The summed E-state index contributed by atoms with van der Waals surface area (Å²) < 4.78 is 0. The van der Waals surface area contributed by atoms with Crippen LogP contribution in [0.25, 0.3) is 0 Å². The van der Waals surface area contributed by atoms with Gasteiger partial charge in [0.05, 0.1) is 16.1 Å². The first-order valence-corrected chi connectivity index (χ1v) is 6.64. The van der Waals surface area contributed by atoms with Gasteiger partial charge in [0.2, 0.25) is 0 Å². The molecule has 0 aliphatic carbocycles. The Bertz CT molecular complexity index is 738. The van der Waals surface area contributed by atoms with Crippen molar-refractivity contribution in [2.75, 3.05) is 5.32 Å². The number of nitrogens with zero attached hydrogens (tertiary/aromatic N) is 1. The molecule has 0 atom stereocenters. The molecule has 1 amide bonds. The highest BCUT2D eigenvalue weighted by Gasteiger charge is 2.16. The van der Waals surface area contributed by atoms with Crippen molar-refractivity contribution in [2.45, 2.75) is 6.92 Å². The van der Waals surface area contributed by atoms with Crippen molar-refractivity contribution in [1.82, 2.24) is 0 Å². The summed E-state index contributed by atoms with van der Waals surface area (Å²) in [5, 5.41) is 23.4. The van der Waals surface area contributed by atoms with Crippen LogP contribution in [0.5, 0.6) is 0 Å². The second kappa shape index (κ2) is 5.71. The molecule has 2 N–H and O–H groups in total. The molecule has 21 heavy (non-hydrogen) atoms. The fourth-order valence-electron chi connectivity index (χ4n) is 1.67. The third-order valence-corrected chi connectivity index (χ3v) is 3.63. The van der Waals surface area contributed by atoms with Gasteiger partial charge in [0.25, 0.3) is 5.91 Å². The molecule has 1 aromatic carbocycles. The van der Waals surface area contributed by atoms with Gasteiger partial charge in [0.1, 0.15) is 0 Å². The van der Waals surface area contributed by atoms with Crippen LogP contribution in [0.4, 0.5) is 10.7 Å². The fraction of sp³-hybridized carbons (Fsp3) is 0.0769. The summed E-state index contributed by atoms with van der Waals surface area (Å²) in [6.45, 7) is 1.65. The van der Waals surface area contributed by atoms with Crippen LogP contribution in [0.2, 0.25) is 0 Å². The van der Waals surface area contributed by atoms with E-state index in [1.807, 2.05) is 0 Å². The van der Waals surface area contributed by atoms with E-state index in [-0.39, 0.29) is 16.1 Å². The van der Waals surface area contributed by atoms with Crippen molar-refractivity contribution in [2.24, 2.45) is 0 Å². The van der Waals surface area contributed by atoms with Crippen LogP contribution in [0.1, 0.15) is 26.3 Å². The maximum absolute atomic E-state index is 11.9. The van der Waals surface area contributed by atoms with Crippen molar-refractivity contribution in [3.63, 3.8) is 0 Å². The molecular formula is C13H10N2O5S. The summed E-state index contributed by atoms with van der Waals surface area (Å²) in [6, 6.07) is 5.66. The molecule has 1 aromatic heterocycles. The molecule has 0 fully saturated rings. The summed E-state index contributed by atoms with van der Waals surface area (Å²) in [4.78, 5) is 33.0. The van der Waals surface area contributed by atoms with Crippen LogP contribution in [-0.2, 0) is 0 Å². The lowest BCUT2D eigenvalue weighted by atomic mass is 10.1. The molecule has 2 rings (SSSR count). The number of aryl methyl sites for hydroxylation is 1. The minimum absolute atomic E-state index is 0.0871. The number of hydrogen-bond donors (Lipinski definition) is 2. The Hall–Kier alpha value is -2.74. The molecule has 1 heterocycles. The molecule has 108 valence electrons. The van der Waals surface area contributed by atoms with E-state index in [9.17, 15) is 19.7 Å². The zero-order chi connectivity index (χ0) is 15.6. The molecule has 0 radical (unpaired) electrons. The van der Waals surface area contributed by atoms with Gasteiger partial charge in [0.15, 0.2) is 0 Å². The van der Waals surface area contributed by atoms with E-state index < -0.39 is 16.8 Å². The highest BCUT2D eigenvalue weighted by atomic mass is 32.1. The summed E-state index contributed by atoms with van der Waals surface area (Å²) in [5.41, 5.74) is 1.14. The van der Waals surface area contributed by atoms with E-state index in [1.54, 1.807) is 19.1 Å². The van der Waals surface area contributed by atoms with E-state index in [4.69, 9.17) is 5.11 Å². The van der Waals surface area contributed by atoms with Crippen LogP contribution < -0.4 is 5.32 Å². The Kier molecular flexibility index (Phi) is 3.99. The van der Waals surface area contributed by atoms with Gasteiger partial charge < -0.3 is 10.4 Å². The first-order valence-electron chi connectivity index (χ1n) is 5.76. The SMILES string of the molecule is Cc1ccc(NC(=O)c2csc([N+](=O)[O-])c2)cc1C(=O)O. The highest BCUT2D eigenvalue weighted by molar-refractivity contribution is 7.13. The van der Waals surface area contributed by atoms with Gasteiger partial charge in [-0.2, -0.15) is 0 Å². The Morgan fingerprint density at radius 2 is 2.05 bits per heavy atom. The Balaban J connectivity index is 2.21. The maximum Gasteiger partial charge on any atom is 0.336 e. The lowest BCUT2D eigenvalue weighted by Crippen LogP contribution is -2.12. The molecule has 0 aliphatic rings. The summed E-state index contributed by atoms with van der Waals surface area (Å²) in [7, 11) is 0. The van der Waals surface area contributed by atoms with Gasteiger partial charge >= 0.3 is 11.0 Å². The Morgan fingerprint density at radius 3 is 2.62 bits per heavy atom. The number of hydrogen-bond acceptors (Lipinski definition) is 5. The van der Waals surface area contributed by atoms with Gasteiger partial charge in [-0.25, -0.2) is 4.79 Å². The average molecular weight is 306 g/mol. The number of carbonyl (C=O) groups excluding carboxylic acids is 1. The van der Waals surface area contributed by atoms with Crippen molar-refractivity contribution in [3.8, 4) is 0 Å². The molecule has 0 aliphatic heterocycles. The average Bonchev–Trinajstić information content (AvgIpc) is 2.90.